The molecule has 0 rings (SSSR count). The van der Waals surface area contributed by atoms with Crippen molar-refractivity contribution in [1.82, 2.24) is 0 Å². The van der Waals surface area contributed by atoms with Crippen molar-refractivity contribution in [1.29, 1.82) is 0 Å². The third kappa shape index (κ3) is 47.5. The highest BCUT2D eigenvalue weighted by molar-refractivity contribution is 4.89. The highest BCUT2D eigenvalue weighted by Gasteiger charge is 2.14. The first-order valence-electron chi connectivity index (χ1n) is 27.8. The minimum atomic E-state index is -0.383. The molecular weight excluding hydrogens is 785 g/mol. The van der Waals surface area contributed by atoms with Crippen molar-refractivity contribution in [3.8, 4) is 0 Å². The highest BCUT2D eigenvalue weighted by atomic mass is 16.8. The van der Waals surface area contributed by atoms with Crippen LogP contribution in [-0.2, 0) is 33.2 Å². The van der Waals surface area contributed by atoms with E-state index >= 15 is 0 Å². The summed E-state index contributed by atoms with van der Waals surface area (Å²) in [6, 6.07) is 0. The summed E-state index contributed by atoms with van der Waals surface area (Å²) in [6.07, 6.45) is 51.6. The monoisotopic (exact) mass is 895 g/mol. The minimum Gasteiger partial charge on any atom is -0.353 e. The van der Waals surface area contributed by atoms with Crippen molar-refractivity contribution in [2.75, 3.05) is 39.6 Å². The van der Waals surface area contributed by atoms with Gasteiger partial charge in [-0.05, 0) is 102 Å². The van der Waals surface area contributed by atoms with Crippen LogP contribution in [0.4, 0.5) is 0 Å². The van der Waals surface area contributed by atoms with Crippen LogP contribution in [0.1, 0.15) is 273 Å². The second-order valence-electron chi connectivity index (χ2n) is 18.2. The molecule has 0 heterocycles. The van der Waals surface area contributed by atoms with Crippen LogP contribution in [0.5, 0.6) is 0 Å². The maximum absolute atomic E-state index is 6.35. The van der Waals surface area contributed by atoms with Crippen LogP contribution in [0.25, 0.3) is 0 Å². The van der Waals surface area contributed by atoms with Gasteiger partial charge in [0.25, 0.3) is 0 Å². The number of ether oxygens (including phenoxy) is 7. The average Bonchev–Trinajstić information content (AvgIpc) is 3.29. The Morgan fingerprint density at radius 1 is 0.270 bits per heavy atom. The zero-order valence-electron chi connectivity index (χ0n) is 43.2. The molecule has 0 radical (unpaired) electrons. The largest absolute Gasteiger partial charge is 0.353 e. The third-order valence-electron chi connectivity index (χ3n) is 11.7. The van der Waals surface area contributed by atoms with Crippen LogP contribution in [0.15, 0.2) is 24.3 Å². The van der Waals surface area contributed by atoms with Gasteiger partial charge in [0.05, 0.1) is 0 Å². The van der Waals surface area contributed by atoms with E-state index in [9.17, 15) is 0 Å². The van der Waals surface area contributed by atoms with E-state index in [-0.39, 0.29) is 25.2 Å². The van der Waals surface area contributed by atoms with E-state index in [4.69, 9.17) is 33.2 Å². The summed E-state index contributed by atoms with van der Waals surface area (Å²) in [5.74, 6) is 0. The van der Waals surface area contributed by atoms with Gasteiger partial charge < -0.3 is 33.2 Å². The number of hydrogen-bond acceptors (Lipinski definition) is 7. The summed E-state index contributed by atoms with van der Waals surface area (Å²) in [4.78, 5) is 0. The van der Waals surface area contributed by atoms with Crippen LogP contribution < -0.4 is 0 Å². The van der Waals surface area contributed by atoms with E-state index in [2.05, 4.69) is 65.8 Å². The quantitative estimate of drug-likeness (QED) is 0.0342. The lowest BCUT2D eigenvalue weighted by Gasteiger charge is -2.21. The normalized spacial score (nSPS) is 13.2. The summed E-state index contributed by atoms with van der Waals surface area (Å²) in [5, 5.41) is 0. The molecule has 0 aliphatic rings. The van der Waals surface area contributed by atoms with Crippen molar-refractivity contribution >= 4 is 0 Å². The van der Waals surface area contributed by atoms with Gasteiger partial charge in [0.15, 0.2) is 25.2 Å². The highest BCUT2D eigenvalue weighted by Crippen LogP contribution is 2.17. The molecule has 7 heteroatoms. The first-order chi connectivity index (χ1) is 31.1. The second kappa shape index (κ2) is 53.8. The fraction of sp³-hybridized carbons (Fsp3) is 0.929. The second-order valence-corrected chi connectivity index (χ2v) is 18.2. The Bertz CT molecular complexity index is 799. The molecule has 63 heavy (non-hydrogen) atoms. The number of allylic oxidation sites excluding steroid dienone is 2. The van der Waals surface area contributed by atoms with Crippen molar-refractivity contribution in [2.24, 2.45) is 0 Å². The molecule has 0 aromatic carbocycles. The molecule has 0 aromatic heterocycles. The van der Waals surface area contributed by atoms with Crippen LogP contribution in [0.2, 0.25) is 0 Å². The Hall–Kier alpha value is -0.800. The Kier molecular flexibility index (Phi) is 53.1. The third-order valence-corrected chi connectivity index (χ3v) is 11.7. The summed E-state index contributed by atoms with van der Waals surface area (Å²) < 4.78 is 43.2. The predicted molar refractivity (Wildman–Crippen MR) is 270 cm³/mol. The molecule has 2 atom stereocenters. The lowest BCUT2D eigenvalue weighted by atomic mass is 10.1. The molecule has 0 N–H and O–H groups in total. The molecule has 0 spiro atoms. The predicted octanol–water partition coefficient (Wildman–Crippen LogP) is 17.7. The molecule has 0 saturated heterocycles. The first-order valence-corrected chi connectivity index (χ1v) is 27.8. The Morgan fingerprint density at radius 2 is 0.556 bits per heavy atom. The molecule has 0 aromatic rings. The number of unbranched alkanes of at least 4 members (excludes halogenated alkanes) is 26. The molecule has 0 amide bonds. The van der Waals surface area contributed by atoms with Gasteiger partial charge in [-0.1, -0.05) is 195 Å². The molecule has 0 aliphatic heterocycles. The molecule has 376 valence electrons. The lowest BCUT2D eigenvalue weighted by molar-refractivity contribution is -0.207. The lowest BCUT2D eigenvalue weighted by Crippen LogP contribution is -2.25. The Balaban J connectivity index is 4.39. The van der Waals surface area contributed by atoms with E-state index in [0.29, 0.717) is 13.2 Å². The Labute approximate surface area is 393 Å². The Morgan fingerprint density at radius 3 is 0.857 bits per heavy atom. The van der Waals surface area contributed by atoms with Gasteiger partial charge in [-0.15, -0.1) is 0 Å². The van der Waals surface area contributed by atoms with Gasteiger partial charge in [-0.2, -0.15) is 0 Å². The van der Waals surface area contributed by atoms with Gasteiger partial charge in [-0.25, -0.2) is 0 Å². The SMILES string of the molecule is CCCCCCOC(CCCCCCCCCC=CC(OCCC)OC(C=CCCCCCCCCCC(OCCCCCC)OCCCCCC)OCCC)OCCCCCC. The summed E-state index contributed by atoms with van der Waals surface area (Å²) >= 11 is 0. The number of hydrogen-bond donors (Lipinski definition) is 0. The molecule has 0 bridgehead atoms. The average molecular weight is 895 g/mol. The molecule has 7 nitrogen and oxygen atoms in total. The van der Waals surface area contributed by atoms with Gasteiger partial charge >= 0.3 is 0 Å². The topological polar surface area (TPSA) is 64.6 Å². The fourth-order valence-electron chi connectivity index (χ4n) is 7.61. The molecule has 0 aliphatic carbocycles. The molecular formula is C56H110O7. The van der Waals surface area contributed by atoms with Gasteiger partial charge in [0.1, 0.15) is 0 Å². The van der Waals surface area contributed by atoms with E-state index in [1.807, 2.05) is 0 Å². The maximum Gasteiger partial charge on any atom is 0.180 e. The van der Waals surface area contributed by atoms with E-state index < -0.39 is 0 Å². The summed E-state index contributed by atoms with van der Waals surface area (Å²) in [7, 11) is 0. The van der Waals surface area contributed by atoms with Crippen LogP contribution in [0.3, 0.4) is 0 Å². The number of rotatable bonds is 54. The maximum atomic E-state index is 6.35. The van der Waals surface area contributed by atoms with Gasteiger partial charge in [-0.3, -0.25) is 0 Å². The van der Waals surface area contributed by atoms with Crippen molar-refractivity contribution in [2.45, 2.75) is 298 Å². The van der Waals surface area contributed by atoms with Crippen LogP contribution >= 0.6 is 0 Å². The van der Waals surface area contributed by atoms with Gasteiger partial charge in [0, 0.05) is 39.6 Å². The zero-order valence-corrected chi connectivity index (χ0v) is 43.2. The minimum absolute atomic E-state index is 0.0136. The first kappa shape index (κ1) is 62.2. The van der Waals surface area contributed by atoms with Crippen LogP contribution in [0, 0.1) is 0 Å². The fourth-order valence-corrected chi connectivity index (χ4v) is 7.61. The zero-order chi connectivity index (χ0) is 45.8. The smallest absolute Gasteiger partial charge is 0.180 e. The molecule has 2 unspecified atom stereocenters. The van der Waals surface area contributed by atoms with E-state index in [1.165, 1.54) is 167 Å². The summed E-state index contributed by atoms with van der Waals surface area (Å²) in [6.45, 7) is 18.0. The summed E-state index contributed by atoms with van der Waals surface area (Å²) in [5.41, 5.74) is 0. The van der Waals surface area contributed by atoms with E-state index in [0.717, 1.165) is 90.6 Å². The van der Waals surface area contributed by atoms with Crippen LogP contribution in [-0.4, -0.2) is 64.8 Å². The molecule has 0 saturated carbocycles. The van der Waals surface area contributed by atoms with Crippen molar-refractivity contribution in [3.63, 3.8) is 0 Å². The van der Waals surface area contributed by atoms with Crippen molar-refractivity contribution < 1.29 is 33.2 Å². The van der Waals surface area contributed by atoms with E-state index in [1.54, 1.807) is 0 Å². The molecule has 0 fully saturated rings. The van der Waals surface area contributed by atoms with Gasteiger partial charge in [0.2, 0.25) is 0 Å². The van der Waals surface area contributed by atoms with Crippen molar-refractivity contribution in [3.05, 3.63) is 24.3 Å². The standard InChI is InChI=1S/C56H110O7/c1-7-13-17-39-49-59-53(60-50-40-18-14-8-2)43-35-31-27-23-21-25-29-33-37-45-55(57-47-11-5)63-56(58-48-12-6)46-38-34-30-26-22-24-28-32-36-44-54(61-51-41-19-15-9-3)62-52-42-20-16-10-4/h37-38,45-46,53-56H,7-36,39-44,47-52H2,1-6H3.